The van der Waals surface area contributed by atoms with E-state index in [9.17, 15) is 20.4 Å². The predicted octanol–water partition coefficient (Wildman–Crippen LogP) is -16.7. The van der Waals surface area contributed by atoms with Gasteiger partial charge in [-0.25, -0.2) is 0 Å². The fraction of sp³-hybridized carbons (Fsp3) is 1.00. The molecule has 0 aliphatic rings. The Balaban J connectivity index is -0.0000000154. The Kier molecular flexibility index (Phi) is 167. The van der Waals surface area contributed by atoms with Crippen LogP contribution >= 0.6 is 0 Å². The minimum Gasteiger partial charge on any atom is -1.00 e. The van der Waals surface area contributed by atoms with Crippen LogP contribution in [0.3, 0.4) is 0 Å². The summed E-state index contributed by atoms with van der Waals surface area (Å²) in [5, 5.41) is 38.8. The Morgan fingerprint density at radius 2 is 0.500 bits per heavy atom. The molecule has 8 nitrogen and oxygen atoms in total. The molecular formula is C16H40Cl4CoCu2N4O4Pb. The second-order valence-corrected chi connectivity index (χ2v) is 6.03. The molecule has 0 atom stereocenters. The van der Waals surface area contributed by atoms with Gasteiger partial charge in [-0.15, -0.1) is 26.4 Å². The summed E-state index contributed by atoms with van der Waals surface area (Å²) in [6.45, 7) is 2.64. The largest absolute Gasteiger partial charge is 2.00 e. The molecule has 0 aromatic carbocycles. The Bertz CT molecular complexity index is 195. The van der Waals surface area contributed by atoms with Crippen molar-refractivity contribution in [2.24, 2.45) is 0 Å². The van der Waals surface area contributed by atoms with Crippen molar-refractivity contribution in [1.82, 2.24) is 19.6 Å². The van der Waals surface area contributed by atoms with Gasteiger partial charge in [-0.05, 0) is 82.6 Å². The summed E-state index contributed by atoms with van der Waals surface area (Å²) in [5.74, 6) is 0. The van der Waals surface area contributed by atoms with Crippen molar-refractivity contribution in [1.29, 1.82) is 0 Å². The second-order valence-electron chi connectivity index (χ2n) is 6.03. The van der Waals surface area contributed by atoms with E-state index in [1.54, 1.807) is 0 Å². The summed E-state index contributed by atoms with van der Waals surface area (Å²) < 4.78 is 0. The van der Waals surface area contributed by atoms with Gasteiger partial charge in [0.05, 0.1) is 0 Å². The van der Waals surface area contributed by atoms with Gasteiger partial charge in [0.25, 0.3) is 0 Å². The molecule has 0 aliphatic carbocycles. The van der Waals surface area contributed by atoms with Crippen LogP contribution in [-0.2, 0) is 50.9 Å². The average molecular weight is 888 g/mol. The zero-order valence-corrected chi connectivity index (χ0v) is 29.9. The number of hydrogen-bond acceptors (Lipinski definition) is 8. The molecule has 0 rings (SSSR count). The third-order valence-electron chi connectivity index (χ3n) is 2.15. The Morgan fingerprint density at radius 1 is 0.406 bits per heavy atom. The molecule has 0 spiro atoms. The summed E-state index contributed by atoms with van der Waals surface area (Å²) in [4.78, 5) is 7.47. The molecular weight excluding hydrogens is 847 g/mol. The number of halogens is 4. The van der Waals surface area contributed by atoms with E-state index in [4.69, 9.17) is 0 Å². The van der Waals surface area contributed by atoms with Gasteiger partial charge >= 0.3 is 78.2 Å². The summed E-state index contributed by atoms with van der Waals surface area (Å²) in [6, 6.07) is 0. The Morgan fingerprint density at radius 3 is 0.500 bits per heavy atom. The first-order valence-electron chi connectivity index (χ1n) is 8.00. The van der Waals surface area contributed by atoms with Crippen molar-refractivity contribution in [3.63, 3.8) is 0 Å². The summed E-state index contributed by atoms with van der Waals surface area (Å²) in [6.07, 6.45) is 0. The number of hydrogen-bond donors (Lipinski definition) is 0. The molecule has 0 N–H and O–H groups in total. The third kappa shape index (κ3) is 148. The molecule has 0 saturated carbocycles. The smallest absolute Gasteiger partial charge is 1.00 e. The van der Waals surface area contributed by atoms with Crippen LogP contribution in [0, 0.1) is 0 Å². The molecule has 5 radical (unpaired) electrons. The van der Waals surface area contributed by atoms with Gasteiger partial charge < -0.3 is 89.7 Å². The molecule has 32 heavy (non-hydrogen) atoms. The van der Waals surface area contributed by atoms with E-state index in [1.807, 2.05) is 76.0 Å². The fourth-order valence-corrected chi connectivity index (χ4v) is 0.730. The topological polar surface area (TPSA) is 105 Å². The fourth-order valence-electron chi connectivity index (χ4n) is 0.730. The van der Waals surface area contributed by atoms with Gasteiger partial charge in [0.2, 0.25) is 0 Å². The molecule has 0 aromatic rings. The van der Waals surface area contributed by atoms with E-state index in [2.05, 4.69) is 0 Å². The van der Waals surface area contributed by atoms with E-state index in [0.717, 1.165) is 0 Å². The molecule has 16 heteroatoms. The van der Waals surface area contributed by atoms with Crippen LogP contribution in [0.2, 0.25) is 0 Å². The van der Waals surface area contributed by atoms with E-state index < -0.39 is 0 Å². The number of nitrogens with zero attached hydrogens (tertiary/aromatic N) is 4. The summed E-state index contributed by atoms with van der Waals surface area (Å²) >= 11 is 0. The van der Waals surface area contributed by atoms with E-state index in [0.29, 0.717) is 26.2 Å². The zero-order chi connectivity index (χ0) is 20.0. The van der Waals surface area contributed by atoms with Crippen molar-refractivity contribution < 1.29 is 121 Å². The Hall–Kier alpha value is 3.31. The van der Waals surface area contributed by atoms with Gasteiger partial charge in [0.15, 0.2) is 0 Å². The molecule has 0 aromatic heterocycles. The molecule has 0 bridgehead atoms. The van der Waals surface area contributed by atoms with Crippen molar-refractivity contribution in [3.8, 4) is 0 Å². The van der Waals surface area contributed by atoms with Gasteiger partial charge in [-0.1, -0.05) is 0 Å². The first-order chi connectivity index (χ1) is 11.1. The maximum Gasteiger partial charge on any atom is 2.00 e. The predicted molar refractivity (Wildman–Crippen MR) is 99.4 cm³/mol. The third-order valence-corrected chi connectivity index (χ3v) is 2.15. The second kappa shape index (κ2) is 70.1. The van der Waals surface area contributed by atoms with Crippen LogP contribution in [0.5, 0.6) is 0 Å². The maximum absolute atomic E-state index is 9.70. The Labute approximate surface area is 274 Å². The monoisotopic (exact) mass is 885 g/mol. The standard InChI is InChI=1S/4C4H10NO.4ClH.Co.2Cu.Pb/c4*1-5(2)3-4-6;;;;;;;;/h4*3-4H2,1-2H3;4*1H;;;;/q4*-1;;;;;4*+2/p-4. The normalized spacial score (nSPS) is 7.50. The van der Waals surface area contributed by atoms with Crippen LogP contribution < -0.4 is 70.1 Å². The SMILES string of the molecule is CN(C)CC[O-].CN(C)CC[O-].CN(C)CC[O-].CN(C)CC[O-].[Cl-].[Cl-].[Cl-].[Cl-].[Co+2].[Cu+2].[Cu+2].[Pb+2]. The van der Waals surface area contributed by atoms with Crippen LogP contribution in [0.25, 0.3) is 0 Å². The molecule has 0 saturated heterocycles. The first kappa shape index (κ1) is 76.5. The minimum absolute atomic E-state index is 0. The van der Waals surface area contributed by atoms with Crippen molar-refractivity contribution in [3.05, 3.63) is 0 Å². The van der Waals surface area contributed by atoms with E-state index >= 15 is 0 Å². The number of rotatable bonds is 8. The molecule has 0 unspecified atom stereocenters. The van der Waals surface area contributed by atoms with Crippen LogP contribution in [0.1, 0.15) is 0 Å². The first-order valence-corrected chi connectivity index (χ1v) is 8.00. The van der Waals surface area contributed by atoms with Crippen molar-refractivity contribution in [2.75, 3.05) is 109 Å². The molecule has 0 fully saturated rings. The zero-order valence-electron chi connectivity index (χ0n) is 20.0. The van der Waals surface area contributed by atoms with Crippen molar-refractivity contribution >= 4 is 27.3 Å². The van der Waals surface area contributed by atoms with E-state index in [-0.39, 0.29) is 154 Å². The minimum atomic E-state index is 0. The van der Waals surface area contributed by atoms with Crippen LogP contribution in [0.15, 0.2) is 0 Å². The van der Waals surface area contributed by atoms with E-state index in [1.165, 1.54) is 0 Å². The average Bonchev–Trinajstić information content (AvgIpc) is 2.39. The van der Waals surface area contributed by atoms with Gasteiger partial charge in [0.1, 0.15) is 0 Å². The number of likely N-dealkylation sites (N-methyl/N-ethyl adjacent to an activating group) is 4. The summed E-state index contributed by atoms with van der Waals surface area (Å²) in [5.41, 5.74) is 0. The van der Waals surface area contributed by atoms with Crippen molar-refractivity contribution in [2.45, 2.75) is 0 Å². The van der Waals surface area contributed by atoms with Gasteiger partial charge in [-0.2, -0.15) is 0 Å². The quantitative estimate of drug-likeness (QED) is 0.222. The van der Waals surface area contributed by atoms with Gasteiger partial charge in [0, 0.05) is 0 Å². The molecule has 0 aliphatic heterocycles. The molecule has 0 heterocycles. The molecule has 0 amide bonds. The van der Waals surface area contributed by atoms with Gasteiger partial charge in [-0.3, -0.25) is 0 Å². The van der Waals surface area contributed by atoms with Crippen LogP contribution in [0.4, 0.5) is 0 Å². The maximum atomic E-state index is 9.70. The summed E-state index contributed by atoms with van der Waals surface area (Å²) in [7, 11) is 15.1. The molecule has 211 valence electrons. The van der Waals surface area contributed by atoms with Crippen LogP contribution in [-0.4, -0.2) is 156 Å².